The Hall–Kier alpha value is -2.80. The van der Waals surface area contributed by atoms with Gasteiger partial charge in [-0.3, -0.25) is 14.4 Å². The summed E-state index contributed by atoms with van der Waals surface area (Å²) in [4.78, 5) is 41.0. The predicted octanol–water partition coefficient (Wildman–Crippen LogP) is 3.59. The molecule has 0 unspecified atom stereocenters. The SMILES string of the molecule is Cc1ccc(NC(=O)[C@@H]2CCCN(C(=O)[C@@H]3Sc4ccccc4NC3=O)C2)c(C)c1. The fourth-order valence-corrected chi connectivity index (χ4v) is 5.03. The molecule has 0 aliphatic carbocycles. The van der Waals surface area contributed by atoms with Crippen molar-refractivity contribution < 1.29 is 14.4 Å². The van der Waals surface area contributed by atoms with Gasteiger partial charge in [0.2, 0.25) is 17.7 Å². The predicted molar refractivity (Wildman–Crippen MR) is 119 cm³/mol. The Kier molecular flexibility index (Phi) is 5.81. The van der Waals surface area contributed by atoms with Gasteiger partial charge in [0.15, 0.2) is 5.25 Å². The Balaban J connectivity index is 1.42. The lowest BCUT2D eigenvalue weighted by Gasteiger charge is -2.35. The maximum Gasteiger partial charge on any atom is 0.247 e. The van der Waals surface area contributed by atoms with Crippen molar-refractivity contribution in [3.8, 4) is 0 Å². The summed E-state index contributed by atoms with van der Waals surface area (Å²) in [6.07, 6.45) is 1.47. The molecular weight excluding hydrogens is 398 g/mol. The monoisotopic (exact) mass is 423 g/mol. The number of carbonyl (C=O) groups excluding carboxylic acids is 3. The van der Waals surface area contributed by atoms with Gasteiger partial charge in [-0.25, -0.2) is 0 Å². The molecule has 0 saturated carbocycles. The van der Waals surface area contributed by atoms with Crippen molar-refractivity contribution in [2.45, 2.75) is 36.8 Å². The highest BCUT2D eigenvalue weighted by Crippen LogP contribution is 2.36. The molecule has 2 atom stereocenters. The van der Waals surface area contributed by atoms with Gasteiger partial charge in [-0.2, -0.15) is 0 Å². The molecule has 0 aromatic heterocycles. The number of carbonyl (C=O) groups is 3. The first kappa shape index (κ1) is 20.5. The molecule has 1 saturated heterocycles. The number of likely N-dealkylation sites (tertiary alicyclic amines) is 1. The van der Waals surface area contributed by atoms with Gasteiger partial charge in [0, 0.05) is 23.7 Å². The van der Waals surface area contributed by atoms with Gasteiger partial charge < -0.3 is 15.5 Å². The third-order valence-corrected chi connectivity index (χ3v) is 6.86. The first-order chi connectivity index (χ1) is 14.4. The van der Waals surface area contributed by atoms with Gasteiger partial charge in [-0.15, -0.1) is 11.8 Å². The second kappa shape index (κ2) is 8.52. The van der Waals surface area contributed by atoms with Crippen LogP contribution in [0, 0.1) is 19.8 Å². The van der Waals surface area contributed by atoms with Crippen LogP contribution >= 0.6 is 11.8 Å². The van der Waals surface area contributed by atoms with Crippen LogP contribution in [0.2, 0.25) is 0 Å². The lowest BCUT2D eigenvalue weighted by atomic mass is 9.96. The smallest absolute Gasteiger partial charge is 0.247 e. The quantitative estimate of drug-likeness (QED) is 0.740. The van der Waals surface area contributed by atoms with E-state index in [0.717, 1.165) is 40.2 Å². The highest BCUT2D eigenvalue weighted by atomic mass is 32.2. The molecule has 7 heteroatoms. The molecule has 0 spiro atoms. The normalized spacial score (nSPS) is 20.9. The molecule has 3 amide bonds. The van der Waals surface area contributed by atoms with Crippen LogP contribution < -0.4 is 10.6 Å². The number of anilines is 2. The molecular formula is C23H25N3O3S. The maximum absolute atomic E-state index is 13.1. The number of rotatable bonds is 3. The van der Waals surface area contributed by atoms with Crippen LogP contribution in [-0.2, 0) is 14.4 Å². The lowest BCUT2D eigenvalue weighted by Crippen LogP contribution is -2.50. The summed E-state index contributed by atoms with van der Waals surface area (Å²) in [5, 5.41) is 5.01. The van der Waals surface area contributed by atoms with Crippen LogP contribution in [0.5, 0.6) is 0 Å². The van der Waals surface area contributed by atoms with Gasteiger partial charge in [-0.1, -0.05) is 29.8 Å². The molecule has 1 fully saturated rings. The van der Waals surface area contributed by atoms with Crippen molar-refractivity contribution in [2.75, 3.05) is 23.7 Å². The van der Waals surface area contributed by atoms with Crippen LogP contribution in [0.3, 0.4) is 0 Å². The Labute approximate surface area is 180 Å². The highest BCUT2D eigenvalue weighted by molar-refractivity contribution is 8.01. The van der Waals surface area contributed by atoms with E-state index in [1.165, 1.54) is 11.8 Å². The Morgan fingerprint density at radius 1 is 1.17 bits per heavy atom. The van der Waals surface area contributed by atoms with E-state index >= 15 is 0 Å². The minimum Gasteiger partial charge on any atom is -0.340 e. The number of piperidine rings is 1. The van der Waals surface area contributed by atoms with E-state index in [2.05, 4.69) is 10.6 Å². The van der Waals surface area contributed by atoms with Crippen molar-refractivity contribution in [3.63, 3.8) is 0 Å². The number of hydrogen-bond acceptors (Lipinski definition) is 4. The van der Waals surface area contributed by atoms with Gasteiger partial charge in [0.05, 0.1) is 11.6 Å². The van der Waals surface area contributed by atoms with Gasteiger partial charge in [0.25, 0.3) is 0 Å². The van der Waals surface area contributed by atoms with E-state index in [0.29, 0.717) is 13.1 Å². The maximum atomic E-state index is 13.1. The molecule has 30 heavy (non-hydrogen) atoms. The van der Waals surface area contributed by atoms with E-state index < -0.39 is 5.25 Å². The number of nitrogens with one attached hydrogen (secondary N) is 2. The van der Waals surface area contributed by atoms with Crippen LogP contribution in [0.25, 0.3) is 0 Å². The first-order valence-corrected chi connectivity index (χ1v) is 11.0. The Morgan fingerprint density at radius 3 is 2.77 bits per heavy atom. The molecule has 156 valence electrons. The number of fused-ring (bicyclic) bond motifs is 1. The van der Waals surface area contributed by atoms with Gasteiger partial charge in [0.1, 0.15) is 0 Å². The molecule has 2 aromatic carbocycles. The summed E-state index contributed by atoms with van der Waals surface area (Å²) in [5.74, 6) is -0.889. The minimum absolute atomic E-state index is 0.0782. The van der Waals surface area contributed by atoms with Crippen molar-refractivity contribution in [1.29, 1.82) is 0 Å². The average Bonchev–Trinajstić information content (AvgIpc) is 2.74. The standard InChI is InChI=1S/C23H25N3O3S/c1-14-9-10-17(15(2)12-14)24-21(27)16-6-5-11-26(13-16)23(29)20-22(28)25-18-7-3-4-8-19(18)30-20/h3-4,7-10,12,16,20H,5-6,11,13H2,1-2H3,(H,24,27)(H,25,28)/t16-,20-/m1/s1. The van der Waals surface area contributed by atoms with E-state index in [-0.39, 0.29) is 23.6 Å². The van der Waals surface area contributed by atoms with Crippen molar-refractivity contribution in [2.24, 2.45) is 5.92 Å². The number of thioether (sulfide) groups is 1. The van der Waals surface area contributed by atoms with Crippen molar-refractivity contribution >= 4 is 40.9 Å². The molecule has 6 nitrogen and oxygen atoms in total. The zero-order chi connectivity index (χ0) is 21.3. The average molecular weight is 424 g/mol. The highest BCUT2D eigenvalue weighted by Gasteiger charge is 2.38. The summed E-state index contributed by atoms with van der Waals surface area (Å²) in [6, 6.07) is 13.4. The summed E-state index contributed by atoms with van der Waals surface area (Å²) < 4.78 is 0. The number of hydrogen-bond donors (Lipinski definition) is 2. The molecule has 0 bridgehead atoms. The van der Waals surface area contributed by atoms with Crippen LogP contribution in [0.4, 0.5) is 11.4 Å². The fourth-order valence-electron chi connectivity index (χ4n) is 3.96. The van der Waals surface area contributed by atoms with E-state index in [1.807, 2.05) is 56.3 Å². The zero-order valence-electron chi connectivity index (χ0n) is 17.1. The second-order valence-corrected chi connectivity index (χ2v) is 9.06. The zero-order valence-corrected chi connectivity index (χ0v) is 17.9. The van der Waals surface area contributed by atoms with Crippen LogP contribution in [0.1, 0.15) is 24.0 Å². The third-order valence-electron chi connectivity index (χ3n) is 5.60. The number of nitrogens with zero attached hydrogens (tertiary/aromatic N) is 1. The number of amides is 3. The number of para-hydroxylation sites is 1. The third kappa shape index (κ3) is 4.21. The second-order valence-electron chi connectivity index (χ2n) is 7.91. The molecule has 0 radical (unpaired) electrons. The largest absolute Gasteiger partial charge is 0.340 e. The number of benzene rings is 2. The molecule has 2 heterocycles. The molecule has 2 aromatic rings. The minimum atomic E-state index is -0.818. The van der Waals surface area contributed by atoms with Gasteiger partial charge in [-0.05, 0) is 50.5 Å². The Morgan fingerprint density at radius 2 is 1.97 bits per heavy atom. The summed E-state index contributed by atoms with van der Waals surface area (Å²) in [5.41, 5.74) is 3.69. The van der Waals surface area contributed by atoms with Crippen molar-refractivity contribution in [3.05, 3.63) is 53.6 Å². The first-order valence-electron chi connectivity index (χ1n) is 10.2. The van der Waals surface area contributed by atoms with Crippen molar-refractivity contribution in [1.82, 2.24) is 4.90 Å². The molecule has 2 aliphatic heterocycles. The van der Waals surface area contributed by atoms with Gasteiger partial charge >= 0.3 is 0 Å². The van der Waals surface area contributed by atoms with E-state index in [1.54, 1.807) is 4.90 Å². The molecule has 2 aliphatic rings. The summed E-state index contributed by atoms with van der Waals surface area (Å²) in [7, 11) is 0. The fraction of sp³-hybridized carbons (Fsp3) is 0.348. The molecule has 2 N–H and O–H groups in total. The topological polar surface area (TPSA) is 78.5 Å². The van der Waals surface area contributed by atoms with Crippen LogP contribution in [-0.4, -0.2) is 41.0 Å². The summed E-state index contributed by atoms with van der Waals surface area (Å²) in [6.45, 7) is 4.89. The lowest BCUT2D eigenvalue weighted by molar-refractivity contribution is -0.136. The molecule has 4 rings (SSSR count). The van der Waals surface area contributed by atoms with E-state index in [9.17, 15) is 14.4 Å². The number of aryl methyl sites for hydroxylation is 2. The summed E-state index contributed by atoms with van der Waals surface area (Å²) >= 11 is 1.28. The van der Waals surface area contributed by atoms with E-state index in [4.69, 9.17) is 0 Å². The van der Waals surface area contributed by atoms with Crippen LogP contribution in [0.15, 0.2) is 47.4 Å². The Bertz CT molecular complexity index is 1010.